The van der Waals surface area contributed by atoms with Crippen molar-refractivity contribution in [1.82, 2.24) is 0 Å². The Hall–Kier alpha value is -3.18. The van der Waals surface area contributed by atoms with Gasteiger partial charge >= 0.3 is 0 Å². The highest BCUT2D eigenvalue weighted by molar-refractivity contribution is 5.60. The molecule has 31 heavy (non-hydrogen) atoms. The van der Waals surface area contributed by atoms with Gasteiger partial charge in [-0.2, -0.15) is 0 Å². The molecular weight excluding hydrogens is 384 g/mol. The summed E-state index contributed by atoms with van der Waals surface area (Å²) in [5.41, 5.74) is 18.6. The fourth-order valence-electron chi connectivity index (χ4n) is 4.92. The molecule has 3 aromatic carbocycles. The zero-order valence-corrected chi connectivity index (χ0v) is 17.8. The van der Waals surface area contributed by atoms with E-state index in [0.717, 1.165) is 50.5 Å². The third-order valence-electron chi connectivity index (χ3n) is 6.55. The average Bonchev–Trinajstić information content (AvgIpc) is 3.26. The summed E-state index contributed by atoms with van der Waals surface area (Å²) >= 11 is 0. The number of anilines is 4. The second-order valence-corrected chi connectivity index (χ2v) is 8.47. The lowest BCUT2D eigenvalue weighted by Crippen LogP contribution is -2.36. The van der Waals surface area contributed by atoms with Crippen LogP contribution in [0.2, 0.25) is 0 Å². The minimum atomic E-state index is 0.317. The molecule has 0 aromatic heterocycles. The predicted octanol–water partition coefficient (Wildman–Crippen LogP) is 4.77. The number of hydrogen-bond donors (Lipinski definition) is 2. The summed E-state index contributed by atoms with van der Waals surface area (Å²) in [7, 11) is 0. The van der Waals surface area contributed by atoms with Crippen molar-refractivity contribution in [1.29, 1.82) is 0 Å². The first kappa shape index (κ1) is 19.8. The van der Waals surface area contributed by atoms with Crippen molar-refractivity contribution in [2.45, 2.75) is 24.9 Å². The number of benzene rings is 3. The van der Waals surface area contributed by atoms with Crippen LogP contribution in [0.5, 0.6) is 0 Å². The van der Waals surface area contributed by atoms with E-state index in [2.05, 4.69) is 58.3 Å². The first-order chi connectivity index (χ1) is 15.2. The van der Waals surface area contributed by atoms with Crippen LogP contribution in [-0.2, 0) is 4.74 Å². The van der Waals surface area contributed by atoms with Crippen molar-refractivity contribution in [3.05, 3.63) is 83.9 Å². The smallest absolute Gasteiger partial charge is 0.0642 e. The molecule has 2 fully saturated rings. The standard InChI is InChI=1S/C26H30N4O/c27-21-5-1-19(2-6-21)25-13-14-26(20-3-7-22(28)8-4-20)30(25)24-11-9-23(10-12-24)29-15-17-31-18-16-29/h1-12,25-26H,13-18,27-28H2/t25-,26?/m1/s1. The second kappa shape index (κ2) is 8.52. The molecule has 0 spiro atoms. The molecule has 2 heterocycles. The van der Waals surface area contributed by atoms with Crippen LogP contribution >= 0.6 is 0 Å². The molecule has 0 saturated carbocycles. The van der Waals surface area contributed by atoms with Crippen molar-refractivity contribution in [3.8, 4) is 0 Å². The topological polar surface area (TPSA) is 67.8 Å². The number of nitrogens with two attached hydrogens (primary N) is 2. The number of hydrogen-bond acceptors (Lipinski definition) is 5. The second-order valence-electron chi connectivity index (χ2n) is 8.47. The Balaban J connectivity index is 1.48. The normalized spacial score (nSPS) is 21.4. The van der Waals surface area contributed by atoms with Gasteiger partial charge in [-0.15, -0.1) is 0 Å². The Kier molecular flexibility index (Phi) is 5.43. The third kappa shape index (κ3) is 4.06. The highest BCUT2D eigenvalue weighted by Crippen LogP contribution is 2.47. The quantitative estimate of drug-likeness (QED) is 0.602. The maximum atomic E-state index is 5.95. The Morgan fingerprint density at radius 2 is 1.06 bits per heavy atom. The minimum Gasteiger partial charge on any atom is -0.399 e. The molecule has 3 aromatic rings. The van der Waals surface area contributed by atoms with Gasteiger partial charge in [-0.1, -0.05) is 24.3 Å². The third-order valence-corrected chi connectivity index (χ3v) is 6.55. The van der Waals surface area contributed by atoms with Crippen molar-refractivity contribution in [2.24, 2.45) is 0 Å². The predicted molar refractivity (Wildman–Crippen MR) is 128 cm³/mol. The number of nitrogens with zero attached hydrogens (tertiary/aromatic N) is 2. The van der Waals surface area contributed by atoms with Gasteiger partial charge in [0, 0.05) is 35.8 Å². The number of ether oxygens (including phenoxy) is 1. The Morgan fingerprint density at radius 1 is 0.613 bits per heavy atom. The molecule has 2 atom stereocenters. The SMILES string of the molecule is Nc1ccc(C2CC[C@H](c3ccc(N)cc3)N2c2ccc(N3CCOCC3)cc2)cc1. The molecule has 1 unspecified atom stereocenters. The summed E-state index contributed by atoms with van der Waals surface area (Å²) in [4.78, 5) is 4.96. The van der Waals surface area contributed by atoms with Crippen LogP contribution in [0.3, 0.4) is 0 Å². The molecule has 160 valence electrons. The van der Waals surface area contributed by atoms with Gasteiger partial charge in [-0.3, -0.25) is 0 Å². The van der Waals surface area contributed by atoms with Crippen LogP contribution in [0, 0.1) is 0 Å². The van der Waals surface area contributed by atoms with E-state index in [0.29, 0.717) is 12.1 Å². The van der Waals surface area contributed by atoms with Crippen molar-refractivity contribution in [3.63, 3.8) is 0 Å². The molecular formula is C26H30N4O. The summed E-state index contributed by atoms with van der Waals surface area (Å²) in [5, 5.41) is 0. The average molecular weight is 415 g/mol. The highest BCUT2D eigenvalue weighted by Gasteiger charge is 2.35. The van der Waals surface area contributed by atoms with Gasteiger partial charge in [-0.25, -0.2) is 0 Å². The van der Waals surface area contributed by atoms with Gasteiger partial charge in [0.05, 0.1) is 25.3 Å². The van der Waals surface area contributed by atoms with Crippen LogP contribution in [-0.4, -0.2) is 26.3 Å². The first-order valence-corrected chi connectivity index (χ1v) is 11.1. The zero-order chi connectivity index (χ0) is 21.2. The van der Waals surface area contributed by atoms with Gasteiger partial charge < -0.3 is 26.0 Å². The Morgan fingerprint density at radius 3 is 1.55 bits per heavy atom. The lowest BCUT2D eigenvalue weighted by molar-refractivity contribution is 0.122. The first-order valence-electron chi connectivity index (χ1n) is 11.1. The number of morpholine rings is 1. The molecule has 2 saturated heterocycles. The Bertz CT molecular complexity index is 942. The molecule has 2 aliphatic heterocycles. The van der Waals surface area contributed by atoms with Crippen LogP contribution in [0.15, 0.2) is 72.8 Å². The van der Waals surface area contributed by atoms with Crippen LogP contribution < -0.4 is 21.3 Å². The molecule has 0 radical (unpaired) electrons. The summed E-state index contributed by atoms with van der Waals surface area (Å²) in [6, 6.07) is 26.4. The van der Waals surface area contributed by atoms with Crippen LogP contribution in [0.1, 0.15) is 36.1 Å². The van der Waals surface area contributed by atoms with E-state index in [1.165, 1.54) is 22.5 Å². The summed E-state index contributed by atoms with van der Waals surface area (Å²) < 4.78 is 5.50. The van der Waals surface area contributed by atoms with Gasteiger partial charge in [0.25, 0.3) is 0 Å². The van der Waals surface area contributed by atoms with Crippen molar-refractivity contribution in [2.75, 3.05) is 47.6 Å². The lowest BCUT2D eigenvalue weighted by Gasteiger charge is -2.34. The van der Waals surface area contributed by atoms with Crippen LogP contribution in [0.25, 0.3) is 0 Å². The van der Waals surface area contributed by atoms with E-state index in [1.807, 2.05) is 24.3 Å². The molecule has 0 aliphatic carbocycles. The molecule has 0 amide bonds. The summed E-state index contributed by atoms with van der Waals surface area (Å²) in [5.74, 6) is 0. The van der Waals surface area contributed by atoms with E-state index in [1.54, 1.807) is 0 Å². The van der Waals surface area contributed by atoms with E-state index in [9.17, 15) is 0 Å². The van der Waals surface area contributed by atoms with E-state index in [4.69, 9.17) is 16.2 Å². The summed E-state index contributed by atoms with van der Waals surface area (Å²) in [6.07, 6.45) is 2.20. The largest absolute Gasteiger partial charge is 0.399 e. The molecule has 4 N–H and O–H groups in total. The minimum absolute atomic E-state index is 0.317. The maximum Gasteiger partial charge on any atom is 0.0642 e. The molecule has 2 aliphatic rings. The highest BCUT2D eigenvalue weighted by atomic mass is 16.5. The Labute approximate surface area is 184 Å². The fourth-order valence-corrected chi connectivity index (χ4v) is 4.92. The monoisotopic (exact) mass is 414 g/mol. The number of rotatable bonds is 4. The van der Waals surface area contributed by atoms with Crippen LogP contribution in [0.4, 0.5) is 22.7 Å². The number of nitrogen functional groups attached to an aromatic ring is 2. The molecule has 0 bridgehead atoms. The zero-order valence-electron chi connectivity index (χ0n) is 17.8. The lowest BCUT2D eigenvalue weighted by atomic mass is 10.0. The van der Waals surface area contributed by atoms with Gasteiger partial charge in [0.15, 0.2) is 0 Å². The maximum absolute atomic E-state index is 5.95. The van der Waals surface area contributed by atoms with E-state index < -0.39 is 0 Å². The van der Waals surface area contributed by atoms with Gasteiger partial charge in [0.1, 0.15) is 0 Å². The van der Waals surface area contributed by atoms with Gasteiger partial charge in [-0.05, 0) is 72.5 Å². The van der Waals surface area contributed by atoms with E-state index >= 15 is 0 Å². The van der Waals surface area contributed by atoms with Crippen molar-refractivity contribution >= 4 is 22.7 Å². The van der Waals surface area contributed by atoms with Crippen molar-refractivity contribution < 1.29 is 4.74 Å². The van der Waals surface area contributed by atoms with E-state index in [-0.39, 0.29) is 0 Å². The molecule has 5 rings (SSSR count). The molecule has 5 nitrogen and oxygen atoms in total. The fraction of sp³-hybridized carbons (Fsp3) is 0.308. The van der Waals surface area contributed by atoms with Gasteiger partial charge in [0.2, 0.25) is 0 Å². The molecule has 5 heteroatoms. The summed E-state index contributed by atoms with van der Waals surface area (Å²) in [6.45, 7) is 3.50.